The van der Waals surface area contributed by atoms with Crippen LogP contribution in [0.15, 0.2) is 16.6 Å². The van der Waals surface area contributed by atoms with E-state index in [2.05, 4.69) is 20.7 Å². The first-order valence-corrected chi connectivity index (χ1v) is 7.70. The molecule has 0 atom stereocenters. The molecule has 7 heteroatoms. The number of nitrogens with one attached hydrogen (secondary N) is 1. The fraction of sp³-hybridized carbons (Fsp3) is 0.455. The predicted molar refractivity (Wildman–Crippen MR) is 78.7 cm³/mol. The van der Waals surface area contributed by atoms with E-state index in [1.807, 2.05) is 6.07 Å². The minimum Gasteiger partial charge on any atom is -0.397 e. The van der Waals surface area contributed by atoms with Crippen LogP contribution in [0.3, 0.4) is 0 Å². The van der Waals surface area contributed by atoms with E-state index in [-0.39, 0.29) is 6.04 Å². The van der Waals surface area contributed by atoms with Crippen molar-refractivity contribution in [1.82, 2.24) is 4.31 Å². The van der Waals surface area contributed by atoms with Crippen LogP contribution in [0.5, 0.6) is 0 Å². The minimum absolute atomic E-state index is 0.125. The van der Waals surface area contributed by atoms with Crippen LogP contribution in [-0.4, -0.2) is 25.8 Å². The summed E-state index contributed by atoms with van der Waals surface area (Å²) >= 11 is 3.31. The summed E-state index contributed by atoms with van der Waals surface area (Å²) in [6, 6.07) is 3.35. The van der Waals surface area contributed by atoms with Crippen LogP contribution < -0.4 is 10.5 Å². The molecular formula is C11H18BrN3O2S. The van der Waals surface area contributed by atoms with Crippen LogP contribution in [0.1, 0.15) is 19.4 Å². The van der Waals surface area contributed by atoms with Crippen molar-refractivity contribution in [2.45, 2.75) is 26.8 Å². The van der Waals surface area contributed by atoms with Gasteiger partial charge in [0.15, 0.2) is 0 Å². The van der Waals surface area contributed by atoms with E-state index in [0.717, 1.165) is 10.0 Å². The summed E-state index contributed by atoms with van der Waals surface area (Å²) in [5.41, 5.74) is 7.41. The van der Waals surface area contributed by atoms with E-state index in [1.165, 1.54) is 11.4 Å². The zero-order chi connectivity index (χ0) is 14.1. The zero-order valence-electron chi connectivity index (χ0n) is 10.9. The Morgan fingerprint density at radius 3 is 2.39 bits per heavy atom. The number of aryl methyl sites for hydroxylation is 1. The highest BCUT2D eigenvalue weighted by atomic mass is 79.9. The quantitative estimate of drug-likeness (QED) is 0.829. The summed E-state index contributed by atoms with van der Waals surface area (Å²) in [6.45, 7) is 5.41. The molecule has 0 unspecified atom stereocenters. The van der Waals surface area contributed by atoms with Gasteiger partial charge in [-0.3, -0.25) is 4.72 Å². The third-order valence-corrected chi connectivity index (χ3v) is 4.77. The molecule has 0 aliphatic carbocycles. The average Bonchev–Trinajstić information content (AvgIpc) is 2.22. The van der Waals surface area contributed by atoms with Crippen LogP contribution in [0, 0.1) is 6.92 Å². The third kappa shape index (κ3) is 3.37. The molecule has 0 aliphatic heterocycles. The summed E-state index contributed by atoms with van der Waals surface area (Å²) in [5, 5.41) is 0. The van der Waals surface area contributed by atoms with Crippen LogP contribution in [0.2, 0.25) is 0 Å². The van der Waals surface area contributed by atoms with Crippen LogP contribution in [0.4, 0.5) is 11.4 Å². The van der Waals surface area contributed by atoms with Crippen LogP contribution in [-0.2, 0) is 10.2 Å². The molecule has 0 fully saturated rings. The second kappa shape index (κ2) is 5.46. The molecule has 3 N–H and O–H groups in total. The van der Waals surface area contributed by atoms with Gasteiger partial charge in [0.05, 0.1) is 11.4 Å². The number of benzene rings is 1. The molecule has 0 bridgehead atoms. The molecule has 1 aromatic carbocycles. The Bertz CT molecular complexity index is 520. The number of nitrogens with zero attached hydrogens (tertiary/aromatic N) is 1. The largest absolute Gasteiger partial charge is 0.397 e. The smallest absolute Gasteiger partial charge is 0.301 e. The van der Waals surface area contributed by atoms with Crippen LogP contribution >= 0.6 is 15.9 Å². The van der Waals surface area contributed by atoms with Gasteiger partial charge in [0, 0.05) is 17.6 Å². The maximum absolute atomic E-state index is 12.1. The Morgan fingerprint density at radius 2 is 1.94 bits per heavy atom. The Labute approximate surface area is 117 Å². The predicted octanol–water partition coefficient (Wildman–Crippen LogP) is 2.34. The molecule has 0 heterocycles. The van der Waals surface area contributed by atoms with E-state index in [4.69, 9.17) is 5.73 Å². The number of halogens is 1. The topological polar surface area (TPSA) is 75.4 Å². The molecule has 0 aromatic heterocycles. The van der Waals surface area contributed by atoms with Gasteiger partial charge in [0.25, 0.3) is 0 Å². The highest BCUT2D eigenvalue weighted by Crippen LogP contribution is 2.29. The number of hydrogen-bond acceptors (Lipinski definition) is 3. The SMILES string of the molecule is Cc1cc(Br)cc(N)c1NS(=O)(=O)N(C)C(C)C. The van der Waals surface area contributed by atoms with Gasteiger partial charge in [-0.1, -0.05) is 15.9 Å². The lowest BCUT2D eigenvalue weighted by Gasteiger charge is -2.23. The average molecular weight is 336 g/mol. The summed E-state index contributed by atoms with van der Waals surface area (Å²) in [7, 11) is -2.06. The first-order chi connectivity index (χ1) is 8.15. The van der Waals surface area contributed by atoms with Crippen molar-refractivity contribution >= 4 is 37.5 Å². The Balaban J connectivity index is 3.13. The Morgan fingerprint density at radius 1 is 1.39 bits per heavy atom. The molecule has 18 heavy (non-hydrogen) atoms. The fourth-order valence-electron chi connectivity index (χ4n) is 1.39. The molecule has 5 nitrogen and oxygen atoms in total. The van der Waals surface area contributed by atoms with Crippen LogP contribution in [0.25, 0.3) is 0 Å². The summed E-state index contributed by atoms with van der Waals surface area (Å²) in [6.07, 6.45) is 0. The molecule has 0 radical (unpaired) electrons. The van der Waals surface area contributed by atoms with Crippen molar-refractivity contribution < 1.29 is 8.42 Å². The molecule has 0 aliphatic rings. The highest BCUT2D eigenvalue weighted by Gasteiger charge is 2.22. The number of nitrogens with two attached hydrogens (primary N) is 1. The lowest BCUT2D eigenvalue weighted by atomic mass is 10.2. The molecule has 0 spiro atoms. The van der Waals surface area contributed by atoms with Gasteiger partial charge in [-0.2, -0.15) is 12.7 Å². The van der Waals surface area contributed by atoms with Gasteiger partial charge in [-0.05, 0) is 38.5 Å². The first-order valence-electron chi connectivity index (χ1n) is 5.46. The van der Waals surface area contributed by atoms with Crippen molar-refractivity contribution in [2.75, 3.05) is 17.5 Å². The fourth-order valence-corrected chi connectivity index (χ4v) is 3.21. The van der Waals surface area contributed by atoms with E-state index < -0.39 is 10.2 Å². The summed E-state index contributed by atoms with van der Waals surface area (Å²) < 4.78 is 28.7. The second-order valence-electron chi connectivity index (χ2n) is 4.40. The molecule has 0 amide bonds. The van der Waals surface area contributed by atoms with Gasteiger partial charge in [0.1, 0.15) is 0 Å². The van der Waals surface area contributed by atoms with Gasteiger partial charge < -0.3 is 5.73 Å². The zero-order valence-corrected chi connectivity index (χ0v) is 13.3. The number of hydrogen-bond donors (Lipinski definition) is 2. The molecule has 0 saturated carbocycles. The van der Waals surface area contributed by atoms with Gasteiger partial charge in [-0.15, -0.1) is 0 Å². The molecule has 0 saturated heterocycles. The third-order valence-electron chi connectivity index (χ3n) is 2.67. The summed E-state index contributed by atoms with van der Waals surface area (Å²) in [4.78, 5) is 0. The monoisotopic (exact) mass is 335 g/mol. The highest BCUT2D eigenvalue weighted by molar-refractivity contribution is 9.10. The standard InChI is InChI=1S/C11H18BrN3O2S/c1-7(2)15(4)18(16,17)14-11-8(3)5-9(12)6-10(11)13/h5-7,14H,13H2,1-4H3. The van der Waals surface area contributed by atoms with Crippen molar-refractivity contribution in [3.63, 3.8) is 0 Å². The van der Waals surface area contributed by atoms with E-state index in [0.29, 0.717) is 11.4 Å². The van der Waals surface area contributed by atoms with Crippen molar-refractivity contribution in [2.24, 2.45) is 0 Å². The van der Waals surface area contributed by atoms with E-state index in [9.17, 15) is 8.42 Å². The van der Waals surface area contributed by atoms with Crippen molar-refractivity contribution in [3.05, 3.63) is 22.2 Å². The van der Waals surface area contributed by atoms with Gasteiger partial charge >= 0.3 is 10.2 Å². The van der Waals surface area contributed by atoms with Gasteiger partial charge in [-0.25, -0.2) is 0 Å². The molecule has 1 aromatic rings. The normalized spacial score (nSPS) is 12.2. The lowest BCUT2D eigenvalue weighted by Crippen LogP contribution is -2.37. The number of anilines is 2. The van der Waals surface area contributed by atoms with Crippen molar-refractivity contribution in [1.29, 1.82) is 0 Å². The Kier molecular flexibility index (Phi) is 4.63. The lowest BCUT2D eigenvalue weighted by molar-refractivity contribution is 0.414. The molecule has 102 valence electrons. The molecule has 1 rings (SSSR count). The number of rotatable bonds is 4. The first kappa shape index (κ1) is 15.3. The minimum atomic E-state index is -3.58. The van der Waals surface area contributed by atoms with E-state index >= 15 is 0 Å². The van der Waals surface area contributed by atoms with Gasteiger partial charge in [0.2, 0.25) is 0 Å². The maximum atomic E-state index is 12.1. The number of nitrogen functional groups attached to an aromatic ring is 1. The molecular weight excluding hydrogens is 318 g/mol. The second-order valence-corrected chi connectivity index (χ2v) is 7.05. The van der Waals surface area contributed by atoms with Crippen molar-refractivity contribution in [3.8, 4) is 0 Å². The Hall–Kier alpha value is -0.790. The van der Waals surface area contributed by atoms with E-state index in [1.54, 1.807) is 26.8 Å². The maximum Gasteiger partial charge on any atom is 0.301 e. The summed E-state index contributed by atoms with van der Waals surface area (Å²) in [5.74, 6) is 0.